The van der Waals surface area contributed by atoms with Gasteiger partial charge in [-0.3, -0.25) is 0 Å². The van der Waals surface area contributed by atoms with Crippen LogP contribution in [-0.4, -0.2) is 0 Å². The second-order valence-electron chi connectivity index (χ2n) is 25.0. The Balaban J connectivity index is 0.000000145. The molecule has 18 rings (SSSR count). The maximum atomic E-state index is 2.47. The van der Waals surface area contributed by atoms with Crippen LogP contribution in [0.2, 0.25) is 0 Å². The zero-order valence-electron chi connectivity index (χ0n) is 52.7. The summed E-state index contributed by atoms with van der Waals surface area (Å²) in [5.41, 5.74) is 23.7. The van der Waals surface area contributed by atoms with Crippen molar-refractivity contribution in [3.63, 3.8) is 0 Å². The van der Waals surface area contributed by atoms with Gasteiger partial charge in [0.1, 0.15) is 0 Å². The summed E-state index contributed by atoms with van der Waals surface area (Å²) < 4.78 is 0. The fourth-order valence-corrected chi connectivity index (χ4v) is 15.0. The largest absolute Gasteiger partial charge is 0.0622 e. The first-order valence-electron chi connectivity index (χ1n) is 33.0. The third kappa shape index (κ3) is 10.3. The normalized spacial score (nSPS) is 11.4. The molecule has 0 fully saturated rings. The summed E-state index contributed by atoms with van der Waals surface area (Å²) in [4.78, 5) is 0. The molecule has 0 saturated carbocycles. The van der Waals surface area contributed by atoms with Crippen molar-refractivity contribution in [3.8, 4) is 100 Å². The molecule has 0 bridgehead atoms. The summed E-state index contributed by atoms with van der Waals surface area (Å²) >= 11 is 0. The molecule has 0 saturated heterocycles. The van der Waals surface area contributed by atoms with E-state index in [2.05, 4.69) is 377 Å². The Labute approximate surface area is 554 Å². The Hall–Kier alpha value is -12.2. The van der Waals surface area contributed by atoms with E-state index in [1.807, 2.05) is 0 Å². The van der Waals surface area contributed by atoms with Gasteiger partial charge in [0.25, 0.3) is 0 Å². The van der Waals surface area contributed by atoms with Gasteiger partial charge >= 0.3 is 0 Å². The number of fused-ring (bicyclic) bond motifs is 7. The van der Waals surface area contributed by atoms with E-state index in [1.165, 1.54) is 181 Å². The van der Waals surface area contributed by atoms with Crippen LogP contribution in [0.25, 0.3) is 176 Å². The summed E-state index contributed by atoms with van der Waals surface area (Å²) in [5, 5.41) is 17.7. The van der Waals surface area contributed by atoms with Crippen molar-refractivity contribution in [2.75, 3.05) is 0 Å². The number of benzene rings is 18. The second-order valence-corrected chi connectivity index (χ2v) is 25.0. The minimum absolute atomic E-state index is 1.22. The molecule has 0 aliphatic heterocycles. The molecule has 0 heteroatoms. The SMILES string of the molecule is Cc1ccc(-c2ccc3c(-c4ccc(-c5ccccc5)cc4)c4ccccc4c(-c4ccc(-c5ccccc5)cc4)c3c2)cc1.c1ccc(-c2c3ccccc3c(-c3ccc4c(-c5cccc6ccccc56)c5ccccc5c(-c5ccccc5)c4c3)c3ccccc23)cc1. The highest BCUT2D eigenvalue weighted by Crippen LogP contribution is 2.50. The van der Waals surface area contributed by atoms with Gasteiger partial charge in [-0.25, -0.2) is 0 Å². The zero-order chi connectivity index (χ0) is 63.2. The van der Waals surface area contributed by atoms with Crippen molar-refractivity contribution in [1.82, 2.24) is 0 Å². The molecule has 0 aromatic heterocycles. The molecule has 18 aromatic rings. The number of aryl methyl sites for hydroxylation is 1. The molecule has 0 aliphatic carbocycles. The summed E-state index contributed by atoms with van der Waals surface area (Å²) in [6.45, 7) is 2.14. The van der Waals surface area contributed by atoms with E-state index < -0.39 is 0 Å². The van der Waals surface area contributed by atoms with Crippen LogP contribution < -0.4 is 0 Å². The molecule has 18 aromatic carbocycles. The molecule has 0 heterocycles. The van der Waals surface area contributed by atoms with E-state index in [1.54, 1.807) is 0 Å². The van der Waals surface area contributed by atoms with Crippen LogP contribution in [0.15, 0.2) is 370 Å². The average molecular weight is 1210 g/mol. The van der Waals surface area contributed by atoms with E-state index in [0.717, 1.165) is 0 Å². The van der Waals surface area contributed by atoms with Gasteiger partial charge < -0.3 is 0 Å². The zero-order valence-corrected chi connectivity index (χ0v) is 52.7. The van der Waals surface area contributed by atoms with E-state index in [0.29, 0.717) is 0 Å². The Kier molecular flexibility index (Phi) is 14.6. The number of rotatable bonds is 9. The van der Waals surface area contributed by atoms with Crippen LogP contribution in [-0.2, 0) is 0 Å². The van der Waals surface area contributed by atoms with Crippen LogP contribution in [0.4, 0.5) is 0 Å². The summed E-state index contributed by atoms with van der Waals surface area (Å²) in [7, 11) is 0. The predicted molar refractivity (Wildman–Crippen MR) is 409 cm³/mol. The lowest BCUT2D eigenvalue weighted by molar-refractivity contribution is 1.47. The molecule has 0 N–H and O–H groups in total. The summed E-state index contributed by atoms with van der Waals surface area (Å²) in [6.07, 6.45) is 0. The smallest absolute Gasteiger partial charge is 0.00201 e. The Morgan fingerprint density at radius 3 is 0.811 bits per heavy atom. The van der Waals surface area contributed by atoms with E-state index in [9.17, 15) is 0 Å². The highest BCUT2D eigenvalue weighted by Gasteiger charge is 2.23. The van der Waals surface area contributed by atoms with E-state index in [4.69, 9.17) is 0 Å². The first-order chi connectivity index (χ1) is 47.1. The van der Waals surface area contributed by atoms with Gasteiger partial charge in [-0.2, -0.15) is 0 Å². The van der Waals surface area contributed by atoms with Crippen molar-refractivity contribution in [2.45, 2.75) is 6.92 Å². The van der Waals surface area contributed by atoms with Gasteiger partial charge in [0.2, 0.25) is 0 Å². The maximum Gasteiger partial charge on any atom is -0.00201 e. The molecular weight excluding hydrogens is 1140 g/mol. The van der Waals surface area contributed by atoms with Crippen molar-refractivity contribution >= 4 is 75.4 Å². The molecule has 0 aliphatic rings. The maximum absolute atomic E-state index is 2.47. The topological polar surface area (TPSA) is 0 Å². The third-order valence-electron chi connectivity index (χ3n) is 19.4. The lowest BCUT2D eigenvalue weighted by Gasteiger charge is -2.21. The van der Waals surface area contributed by atoms with Gasteiger partial charge in [-0.1, -0.05) is 363 Å². The second kappa shape index (κ2) is 24.4. The minimum Gasteiger partial charge on any atom is -0.0622 e. The standard InChI is InChI=1S/C50H32.C45H32/c1-3-17-34(18-4-1)47-39-23-9-11-25-41(39)49(42-26-12-10-24-40(42)47)36-30-31-45-46(32-36)48(35-19-5-2-6-20-35)43-27-13-14-28-44(43)50(45)38-29-15-21-33-16-7-8-22-37(33)38;1-31-16-18-36(19-17-31)39-28-29-42-43(30-39)45(38-26-22-35(23-27-38)33-12-6-3-7-13-33)41-15-9-8-14-40(41)44(42)37-24-20-34(21-25-37)32-10-4-2-5-11-32/h1-32H;2-30H,1H3. The van der Waals surface area contributed by atoms with Gasteiger partial charge in [0, 0.05) is 0 Å². The van der Waals surface area contributed by atoms with Crippen LogP contribution in [0.1, 0.15) is 5.56 Å². The monoisotopic (exact) mass is 1200 g/mol. The van der Waals surface area contributed by atoms with Crippen LogP contribution in [0.5, 0.6) is 0 Å². The van der Waals surface area contributed by atoms with Crippen LogP contribution in [0.3, 0.4) is 0 Å². The van der Waals surface area contributed by atoms with Crippen LogP contribution >= 0.6 is 0 Å². The highest BCUT2D eigenvalue weighted by atomic mass is 14.3. The van der Waals surface area contributed by atoms with Crippen molar-refractivity contribution in [3.05, 3.63) is 376 Å². The fourth-order valence-electron chi connectivity index (χ4n) is 15.0. The van der Waals surface area contributed by atoms with Crippen molar-refractivity contribution < 1.29 is 0 Å². The first kappa shape index (κ1) is 56.7. The summed E-state index contributed by atoms with van der Waals surface area (Å²) in [6, 6.07) is 135. The lowest BCUT2D eigenvalue weighted by atomic mass is 9.82. The van der Waals surface area contributed by atoms with Gasteiger partial charge in [0.15, 0.2) is 0 Å². The molecule has 444 valence electrons. The average Bonchev–Trinajstić information content (AvgIpc) is 0.735. The Bertz CT molecular complexity index is 5830. The lowest BCUT2D eigenvalue weighted by Crippen LogP contribution is -1.94. The molecule has 0 radical (unpaired) electrons. The molecule has 0 spiro atoms. The quantitative estimate of drug-likeness (QED) is 0.126. The first-order valence-corrected chi connectivity index (χ1v) is 33.0. The van der Waals surface area contributed by atoms with Crippen molar-refractivity contribution in [1.29, 1.82) is 0 Å². The Morgan fingerprint density at radius 1 is 0.137 bits per heavy atom. The van der Waals surface area contributed by atoms with Gasteiger partial charge in [0.05, 0.1) is 0 Å². The van der Waals surface area contributed by atoms with Crippen molar-refractivity contribution in [2.24, 2.45) is 0 Å². The third-order valence-corrected chi connectivity index (χ3v) is 19.4. The molecule has 95 heavy (non-hydrogen) atoms. The number of hydrogen-bond acceptors (Lipinski definition) is 0. The van der Waals surface area contributed by atoms with Gasteiger partial charge in [-0.05, 0) is 195 Å². The van der Waals surface area contributed by atoms with E-state index in [-0.39, 0.29) is 0 Å². The van der Waals surface area contributed by atoms with E-state index >= 15 is 0 Å². The molecule has 0 unspecified atom stereocenters. The number of hydrogen-bond donors (Lipinski definition) is 0. The Morgan fingerprint density at radius 2 is 0.379 bits per heavy atom. The fraction of sp³-hybridized carbons (Fsp3) is 0.0105. The summed E-state index contributed by atoms with van der Waals surface area (Å²) in [5.74, 6) is 0. The minimum atomic E-state index is 1.22. The molecule has 0 amide bonds. The van der Waals surface area contributed by atoms with Crippen LogP contribution in [0, 0.1) is 6.92 Å². The molecule has 0 nitrogen and oxygen atoms in total. The predicted octanol–water partition coefficient (Wildman–Crippen LogP) is 26.8. The highest BCUT2D eigenvalue weighted by molar-refractivity contribution is 6.27. The molecular formula is C95H64. The molecule has 0 atom stereocenters. The van der Waals surface area contributed by atoms with Gasteiger partial charge in [-0.15, -0.1) is 0 Å².